The maximum atomic E-state index is 12.0. The van der Waals surface area contributed by atoms with Crippen molar-refractivity contribution in [1.29, 1.82) is 0 Å². The lowest BCUT2D eigenvalue weighted by Crippen LogP contribution is -2.14. The highest BCUT2D eigenvalue weighted by atomic mass is 35.5. The van der Waals surface area contributed by atoms with Crippen LogP contribution in [-0.4, -0.2) is 9.72 Å². The summed E-state index contributed by atoms with van der Waals surface area (Å²) in [6.07, 6.45) is 1.55. The van der Waals surface area contributed by atoms with Crippen molar-refractivity contribution in [3.8, 4) is 11.5 Å². The summed E-state index contributed by atoms with van der Waals surface area (Å²) < 4.78 is 17.1. The van der Waals surface area contributed by atoms with Crippen LogP contribution >= 0.6 is 11.6 Å². The van der Waals surface area contributed by atoms with E-state index in [-0.39, 0.29) is 6.54 Å². The van der Waals surface area contributed by atoms with Gasteiger partial charge in [-0.15, -0.1) is 0 Å². The zero-order chi connectivity index (χ0) is 15.1. The third-order valence-electron chi connectivity index (χ3n) is 3.27. The molecular formula is C15H9ClN2O4. The molecule has 0 fully saturated rings. The Kier molecular flexibility index (Phi) is 2.90. The smallest absolute Gasteiger partial charge is 0.420 e. The monoisotopic (exact) mass is 316 g/mol. The van der Waals surface area contributed by atoms with Crippen molar-refractivity contribution in [2.75, 3.05) is 0 Å². The number of hydrogen-bond donors (Lipinski definition) is 0. The quantitative estimate of drug-likeness (QED) is 0.578. The largest absolute Gasteiger partial charge is 0.461 e. The maximum Gasteiger partial charge on any atom is 0.420 e. The molecule has 0 saturated heterocycles. The van der Waals surface area contributed by atoms with Crippen LogP contribution in [0.15, 0.2) is 60.8 Å². The molecule has 6 nitrogen and oxygen atoms in total. The Morgan fingerprint density at radius 1 is 1.18 bits per heavy atom. The summed E-state index contributed by atoms with van der Waals surface area (Å²) in [6.45, 7) is 0.234. The number of rotatable bonds is 3. The first-order valence-corrected chi connectivity index (χ1v) is 6.87. The SMILES string of the molecule is O=c1oc2cc(Cl)ccc2n1Cc1cc(-c2ccco2)on1. The molecule has 0 radical (unpaired) electrons. The van der Waals surface area contributed by atoms with E-state index in [1.165, 1.54) is 4.57 Å². The summed E-state index contributed by atoms with van der Waals surface area (Å²) >= 11 is 5.89. The molecule has 0 amide bonds. The van der Waals surface area contributed by atoms with Crippen LogP contribution in [0.1, 0.15) is 5.69 Å². The van der Waals surface area contributed by atoms with Gasteiger partial charge in [-0.25, -0.2) is 4.79 Å². The molecule has 0 saturated carbocycles. The highest BCUT2D eigenvalue weighted by Crippen LogP contribution is 2.22. The minimum absolute atomic E-state index is 0.234. The Morgan fingerprint density at radius 2 is 2.09 bits per heavy atom. The van der Waals surface area contributed by atoms with Crippen LogP contribution in [0.25, 0.3) is 22.6 Å². The number of oxazole rings is 1. The third kappa shape index (κ3) is 2.14. The van der Waals surface area contributed by atoms with Crippen molar-refractivity contribution in [2.45, 2.75) is 6.54 Å². The minimum Gasteiger partial charge on any atom is -0.461 e. The van der Waals surface area contributed by atoms with Gasteiger partial charge >= 0.3 is 5.76 Å². The standard InChI is InChI=1S/C15H9ClN2O4/c16-9-3-4-11-13(6-9)21-15(19)18(11)8-10-7-14(22-17-10)12-2-1-5-20-12/h1-7H,8H2. The normalized spacial score (nSPS) is 11.3. The first-order valence-electron chi connectivity index (χ1n) is 6.49. The second-order valence-corrected chi connectivity index (χ2v) is 5.16. The van der Waals surface area contributed by atoms with E-state index in [9.17, 15) is 4.79 Å². The topological polar surface area (TPSA) is 74.3 Å². The average molecular weight is 317 g/mol. The summed E-state index contributed by atoms with van der Waals surface area (Å²) in [5.74, 6) is 0.610. The van der Waals surface area contributed by atoms with Gasteiger partial charge in [0.2, 0.25) is 5.76 Å². The van der Waals surface area contributed by atoms with Gasteiger partial charge in [0.1, 0.15) is 5.69 Å². The lowest BCUT2D eigenvalue weighted by Gasteiger charge is -1.97. The summed E-state index contributed by atoms with van der Waals surface area (Å²) in [6, 6.07) is 10.3. The molecule has 1 aromatic carbocycles. The van der Waals surface area contributed by atoms with E-state index in [4.69, 9.17) is 25.0 Å². The fraction of sp³-hybridized carbons (Fsp3) is 0.0667. The molecule has 0 unspecified atom stereocenters. The van der Waals surface area contributed by atoms with Crippen molar-refractivity contribution in [1.82, 2.24) is 9.72 Å². The summed E-state index contributed by atoms with van der Waals surface area (Å²) in [5, 5.41) is 4.46. The van der Waals surface area contributed by atoms with Crippen LogP contribution in [0.5, 0.6) is 0 Å². The van der Waals surface area contributed by atoms with Crippen molar-refractivity contribution in [3.05, 3.63) is 63.9 Å². The lowest BCUT2D eigenvalue weighted by molar-refractivity contribution is 0.407. The third-order valence-corrected chi connectivity index (χ3v) is 3.51. The lowest BCUT2D eigenvalue weighted by atomic mass is 10.3. The molecule has 4 rings (SSSR count). The second kappa shape index (κ2) is 4.92. The predicted molar refractivity (Wildman–Crippen MR) is 78.8 cm³/mol. The molecule has 0 bridgehead atoms. The first-order chi connectivity index (χ1) is 10.7. The highest BCUT2D eigenvalue weighted by molar-refractivity contribution is 6.31. The molecule has 0 spiro atoms. The van der Waals surface area contributed by atoms with Crippen LogP contribution in [-0.2, 0) is 6.54 Å². The van der Waals surface area contributed by atoms with E-state index in [0.29, 0.717) is 33.3 Å². The van der Waals surface area contributed by atoms with E-state index < -0.39 is 5.76 Å². The molecule has 22 heavy (non-hydrogen) atoms. The Balaban J connectivity index is 1.72. The van der Waals surface area contributed by atoms with Crippen molar-refractivity contribution in [3.63, 3.8) is 0 Å². The van der Waals surface area contributed by atoms with Crippen molar-refractivity contribution >= 4 is 22.7 Å². The Labute approximate surface area is 128 Å². The van der Waals surface area contributed by atoms with Crippen molar-refractivity contribution < 1.29 is 13.4 Å². The van der Waals surface area contributed by atoms with Crippen molar-refractivity contribution in [2.24, 2.45) is 0 Å². The number of benzene rings is 1. The molecule has 3 heterocycles. The summed E-state index contributed by atoms with van der Waals surface area (Å²) in [7, 11) is 0. The molecule has 4 aromatic rings. The van der Waals surface area contributed by atoms with E-state index in [2.05, 4.69) is 5.16 Å². The van der Waals surface area contributed by atoms with Gasteiger partial charge in [-0.3, -0.25) is 4.57 Å². The molecule has 110 valence electrons. The molecule has 0 aliphatic heterocycles. The number of furan rings is 1. The van der Waals surface area contributed by atoms with Gasteiger partial charge in [0.05, 0.1) is 18.3 Å². The highest BCUT2D eigenvalue weighted by Gasteiger charge is 2.14. The van der Waals surface area contributed by atoms with E-state index >= 15 is 0 Å². The Hall–Kier alpha value is -2.73. The van der Waals surface area contributed by atoms with Crippen LogP contribution in [0, 0.1) is 0 Å². The van der Waals surface area contributed by atoms with Gasteiger partial charge in [0, 0.05) is 17.2 Å². The second-order valence-electron chi connectivity index (χ2n) is 4.73. The summed E-state index contributed by atoms with van der Waals surface area (Å²) in [4.78, 5) is 12.0. The van der Waals surface area contributed by atoms with Gasteiger partial charge in [0.15, 0.2) is 11.3 Å². The van der Waals surface area contributed by atoms with E-state index in [1.807, 2.05) is 0 Å². The van der Waals surface area contributed by atoms with Crippen LogP contribution in [0.2, 0.25) is 5.02 Å². The molecule has 0 N–H and O–H groups in total. The fourth-order valence-electron chi connectivity index (χ4n) is 2.27. The average Bonchev–Trinajstić information content (AvgIpc) is 3.20. The minimum atomic E-state index is -0.472. The summed E-state index contributed by atoms with van der Waals surface area (Å²) in [5.41, 5.74) is 1.68. The van der Waals surface area contributed by atoms with Gasteiger partial charge < -0.3 is 13.4 Å². The maximum absolute atomic E-state index is 12.0. The Bertz CT molecular complexity index is 994. The molecule has 0 aliphatic carbocycles. The number of aromatic nitrogens is 2. The number of fused-ring (bicyclic) bond motifs is 1. The predicted octanol–water partition coefficient (Wildman–Crippen LogP) is 3.54. The zero-order valence-corrected chi connectivity index (χ0v) is 11.9. The number of nitrogens with zero attached hydrogens (tertiary/aromatic N) is 2. The Morgan fingerprint density at radius 3 is 2.91 bits per heavy atom. The van der Waals surface area contributed by atoms with Crippen LogP contribution in [0.3, 0.4) is 0 Å². The molecule has 0 atom stereocenters. The molecular weight excluding hydrogens is 308 g/mol. The zero-order valence-electron chi connectivity index (χ0n) is 11.2. The fourth-order valence-corrected chi connectivity index (χ4v) is 2.44. The number of halogens is 1. The van der Waals surface area contributed by atoms with Crippen LogP contribution in [0.4, 0.5) is 0 Å². The molecule has 7 heteroatoms. The molecule has 3 aromatic heterocycles. The van der Waals surface area contributed by atoms with Gasteiger partial charge in [-0.2, -0.15) is 0 Å². The van der Waals surface area contributed by atoms with E-state index in [1.54, 1.807) is 42.7 Å². The van der Waals surface area contributed by atoms with Gasteiger partial charge in [-0.05, 0) is 24.3 Å². The van der Waals surface area contributed by atoms with Crippen LogP contribution < -0.4 is 5.76 Å². The van der Waals surface area contributed by atoms with E-state index in [0.717, 1.165) is 0 Å². The molecule has 0 aliphatic rings. The van der Waals surface area contributed by atoms with Gasteiger partial charge in [-0.1, -0.05) is 16.8 Å². The first kappa shape index (κ1) is 13.0. The number of hydrogen-bond acceptors (Lipinski definition) is 5. The van der Waals surface area contributed by atoms with Gasteiger partial charge in [0.25, 0.3) is 0 Å².